The maximum Gasteiger partial charge on any atom is 0.496 e. The van der Waals surface area contributed by atoms with Crippen molar-refractivity contribution in [1.29, 1.82) is 0 Å². The van der Waals surface area contributed by atoms with E-state index in [1.54, 1.807) is 30.7 Å². The molecular weight excluding hydrogens is 409 g/mol. The molecule has 4 rings (SSSR count). The lowest BCUT2D eigenvalue weighted by molar-refractivity contribution is -0.384. The van der Waals surface area contributed by atoms with Crippen molar-refractivity contribution in [3.63, 3.8) is 0 Å². The van der Waals surface area contributed by atoms with E-state index in [-0.39, 0.29) is 5.69 Å². The molecule has 1 aromatic carbocycles. The summed E-state index contributed by atoms with van der Waals surface area (Å²) in [5, 5.41) is 14.2. The number of hydrogen-bond donors (Lipinski definition) is 1. The number of nitrogens with one attached hydrogen (secondary N) is 1. The minimum atomic E-state index is -0.528. The second kappa shape index (κ2) is 7.96. The lowest BCUT2D eigenvalue weighted by atomic mass is 9.79. The molecule has 1 aliphatic rings. The normalized spacial score (nSPS) is 16.7. The lowest BCUT2D eigenvalue weighted by Gasteiger charge is -2.32. The number of aryl methyl sites for hydroxylation is 1. The molecule has 0 aliphatic carbocycles. The van der Waals surface area contributed by atoms with Gasteiger partial charge in [0.1, 0.15) is 0 Å². The van der Waals surface area contributed by atoms with Crippen LogP contribution in [0.25, 0.3) is 11.3 Å². The van der Waals surface area contributed by atoms with Crippen LogP contribution < -0.4 is 10.8 Å². The Morgan fingerprint density at radius 1 is 1.06 bits per heavy atom. The molecule has 0 unspecified atom stereocenters. The smallest absolute Gasteiger partial charge is 0.399 e. The van der Waals surface area contributed by atoms with Gasteiger partial charge in [-0.2, -0.15) is 0 Å². The molecule has 9 nitrogen and oxygen atoms in total. The standard InChI is InChI=1S/C22H24BN5O4/c1-14-6-7-17(28(29)30)11-19(14)27-20-25-9-8-18(26-20)15-10-16(13-24-12-15)23-31-21(2,3)22(4,5)32-23/h6-13H,1-5H3,(H,25,26,27). The van der Waals surface area contributed by atoms with E-state index < -0.39 is 23.2 Å². The Kier molecular flexibility index (Phi) is 5.43. The molecule has 10 heteroatoms. The van der Waals surface area contributed by atoms with Crippen molar-refractivity contribution >= 4 is 29.9 Å². The van der Waals surface area contributed by atoms with Crippen LogP contribution >= 0.6 is 0 Å². The van der Waals surface area contributed by atoms with Gasteiger partial charge in [0.2, 0.25) is 5.95 Å². The number of nitro benzene ring substituents is 1. The predicted octanol–water partition coefficient (Wildman–Crippen LogP) is 3.80. The Hall–Kier alpha value is -3.37. The van der Waals surface area contributed by atoms with Gasteiger partial charge in [0, 0.05) is 41.7 Å². The molecule has 0 radical (unpaired) electrons. The van der Waals surface area contributed by atoms with E-state index in [9.17, 15) is 10.1 Å². The predicted molar refractivity (Wildman–Crippen MR) is 122 cm³/mol. The van der Waals surface area contributed by atoms with E-state index in [2.05, 4.69) is 20.3 Å². The van der Waals surface area contributed by atoms with Gasteiger partial charge < -0.3 is 14.6 Å². The molecule has 3 heterocycles. The summed E-state index contributed by atoms with van der Waals surface area (Å²) < 4.78 is 12.3. The van der Waals surface area contributed by atoms with Gasteiger partial charge in [0.05, 0.1) is 27.5 Å². The molecule has 1 fully saturated rings. The number of aromatic nitrogens is 3. The molecule has 0 spiro atoms. The zero-order valence-electron chi connectivity index (χ0n) is 18.6. The number of rotatable bonds is 5. The van der Waals surface area contributed by atoms with Crippen LogP contribution in [0.4, 0.5) is 17.3 Å². The van der Waals surface area contributed by atoms with E-state index in [0.717, 1.165) is 16.6 Å². The van der Waals surface area contributed by atoms with E-state index in [4.69, 9.17) is 9.31 Å². The van der Waals surface area contributed by atoms with E-state index >= 15 is 0 Å². The number of nitro groups is 1. The van der Waals surface area contributed by atoms with Crippen LogP contribution in [0, 0.1) is 17.0 Å². The van der Waals surface area contributed by atoms with Crippen LogP contribution in [0.15, 0.2) is 48.9 Å². The molecule has 32 heavy (non-hydrogen) atoms. The van der Waals surface area contributed by atoms with Gasteiger partial charge in [-0.25, -0.2) is 9.97 Å². The van der Waals surface area contributed by atoms with Crippen molar-refractivity contribution < 1.29 is 14.2 Å². The molecule has 1 aliphatic heterocycles. The second-order valence-electron chi connectivity index (χ2n) is 8.74. The summed E-state index contributed by atoms with van der Waals surface area (Å²) >= 11 is 0. The molecule has 3 aromatic rings. The third-order valence-electron chi connectivity index (χ3n) is 5.91. The van der Waals surface area contributed by atoms with Crippen LogP contribution in [-0.2, 0) is 9.31 Å². The van der Waals surface area contributed by atoms with Gasteiger partial charge in [-0.05, 0) is 52.3 Å². The highest BCUT2D eigenvalue weighted by Gasteiger charge is 2.51. The zero-order valence-corrected chi connectivity index (χ0v) is 18.6. The first-order valence-electron chi connectivity index (χ1n) is 10.2. The van der Waals surface area contributed by atoms with Crippen LogP contribution in [0.2, 0.25) is 0 Å². The van der Waals surface area contributed by atoms with Crippen LogP contribution in [0.3, 0.4) is 0 Å². The number of anilines is 2. The number of non-ortho nitro benzene ring substituents is 1. The summed E-state index contributed by atoms with van der Waals surface area (Å²) in [4.78, 5) is 23.8. The Morgan fingerprint density at radius 3 is 2.47 bits per heavy atom. The van der Waals surface area contributed by atoms with Gasteiger partial charge in [0.15, 0.2) is 0 Å². The van der Waals surface area contributed by atoms with Gasteiger partial charge in [-0.1, -0.05) is 6.07 Å². The molecule has 1 N–H and O–H groups in total. The Labute approximate surface area is 186 Å². The Morgan fingerprint density at radius 2 is 1.78 bits per heavy atom. The van der Waals surface area contributed by atoms with Crippen molar-refractivity contribution in [2.75, 3.05) is 5.32 Å². The van der Waals surface area contributed by atoms with Crippen molar-refractivity contribution in [2.45, 2.75) is 45.8 Å². The van der Waals surface area contributed by atoms with Crippen molar-refractivity contribution in [1.82, 2.24) is 15.0 Å². The maximum atomic E-state index is 11.1. The Balaban J connectivity index is 1.60. The molecular formula is C22H24BN5O4. The summed E-state index contributed by atoms with van der Waals surface area (Å²) in [5.74, 6) is 0.326. The first kappa shape index (κ1) is 21.9. The SMILES string of the molecule is Cc1ccc([N+](=O)[O-])cc1Nc1nccc(-c2cncc(B3OC(C)(C)C(C)(C)O3)c2)n1. The molecule has 1 saturated heterocycles. The fourth-order valence-electron chi connectivity index (χ4n) is 3.26. The third-order valence-corrected chi connectivity index (χ3v) is 5.91. The molecule has 2 aromatic heterocycles. The molecule has 0 saturated carbocycles. The van der Waals surface area contributed by atoms with E-state index in [1.807, 2.05) is 40.7 Å². The number of nitrogens with zero attached hydrogens (tertiary/aromatic N) is 4. The minimum Gasteiger partial charge on any atom is -0.399 e. The number of pyridine rings is 1. The molecule has 0 atom stereocenters. The average molecular weight is 433 g/mol. The fourth-order valence-corrected chi connectivity index (χ4v) is 3.26. The highest BCUT2D eigenvalue weighted by atomic mass is 16.7. The summed E-state index contributed by atoms with van der Waals surface area (Å²) in [6.45, 7) is 9.87. The second-order valence-corrected chi connectivity index (χ2v) is 8.74. The summed E-state index contributed by atoms with van der Waals surface area (Å²) in [6.07, 6.45) is 5.05. The number of benzene rings is 1. The minimum absolute atomic E-state index is 0.00596. The fraction of sp³-hybridized carbons (Fsp3) is 0.318. The van der Waals surface area contributed by atoms with E-state index in [0.29, 0.717) is 17.3 Å². The van der Waals surface area contributed by atoms with Crippen LogP contribution in [0.1, 0.15) is 33.3 Å². The van der Waals surface area contributed by atoms with Gasteiger partial charge in [0.25, 0.3) is 5.69 Å². The average Bonchev–Trinajstić information content (AvgIpc) is 2.97. The van der Waals surface area contributed by atoms with Crippen LogP contribution in [-0.4, -0.2) is 38.2 Å². The molecule has 0 bridgehead atoms. The lowest BCUT2D eigenvalue weighted by Crippen LogP contribution is -2.41. The topological polar surface area (TPSA) is 112 Å². The quantitative estimate of drug-likeness (QED) is 0.367. The first-order valence-corrected chi connectivity index (χ1v) is 10.2. The molecule has 0 amide bonds. The highest BCUT2D eigenvalue weighted by Crippen LogP contribution is 2.36. The van der Waals surface area contributed by atoms with Gasteiger partial charge in [-0.15, -0.1) is 0 Å². The van der Waals surface area contributed by atoms with Gasteiger partial charge >= 0.3 is 7.12 Å². The van der Waals surface area contributed by atoms with Crippen molar-refractivity contribution in [3.05, 3.63) is 64.6 Å². The third kappa shape index (κ3) is 4.19. The summed E-state index contributed by atoms with van der Waals surface area (Å²) in [7, 11) is -0.528. The maximum absolute atomic E-state index is 11.1. The van der Waals surface area contributed by atoms with Crippen molar-refractivity contribution in [3.8, 4) is 11.3 Å². The summed E-state index contributed by atoms with van der Waals surface area (Å²) in [5.41, 5.74) is 2.73. The highest BCUT2D eigenvalue weighted by molar-refractivity contribution is 6.62. The van der Waals surface area contributed by atoms with Gasteiger partial charge in [-0.3, -0.25) is 15.1 Å². The van der Waals surface area contributed by atoms with Crippen molar-refractivity contribution in [2.24, 2.45) is 0 Å². The molecule has 164 valence electrons. The summed E-state index contributed by atoms with van der Waals surface area (Å²) in [6, 6.07) is 8.31. The monoisotopic (exact) mass is 433 g/mol. The Bertz CT molecular complexity index is 1170. The zero-order chi connectivity index (χ0) is 23.1. The first-order chi connectivity index (χ1) is 15.1. The largest absolute Gasteiger partial charge is 0.496 e. The number of hydrogen-bond acceptors (Lipinski definition) is 8. The van der Waals surface area contributed by atoms with Crippen LogP contribution in [0.5, 0.6) is 0 Å². The van der Waals surface area contributed by atoms with E-state index in [1.165, 1.54) is 12.1 Å².